The van der Waals surface area contributed by atoms with Crippen molar-refractivity contribution in [1.29, 1.82) is 0 Å². The van der Waals surface area contributed by atoms with Crippen LogP contribution in [0.3, 0.4) is 0 Å². The van der Waals surface area contributed by atoms with Crippen LogP contribution < -0.4 is 10.1 Å². The van der Waals surface area contributed by atoms with Crippen LogP contribution in [0.15, 0.2) is 54.6 Å². The number of carbonyl (C=O) groups excluding carboxylic acids is 2. The van der Waals surface area contributed by atoms with Gasteiger partial charge in [0.1, 0.15) is 11.6 Å². The largest absolute Gasteiger partial charge is 0.497 e. The van der Waals surface area contributed by atoms with Crippen LogP contribution in [-0.2, 0) is 24.2 Å². The average Bonchev–Trinajstić information content (AvgIpc) is 3.42. The number of methoxy groups -OCH3 is 1. The highest BCUT2D eigenvalue weighted by molar-refractivity contribution is 6.01. The zero-order valence-electron chi connectivity index (χ0n) is 17.9. The highest BCUT2D eigenvalue weighted by Crippen LogP contribution is 2.33. The third-order valence-electron chi connectivity index (χ3n) is 6.37. The molecule has 32 heavy (non-hydrogen) atoms. The molecule has 0 saturated carbocycles. The van der Waals surface area contributed by atoms with Gasteiger partial charge in [-0.3, -0.25) is 9.59 Å². The predicted molar refractivity (Wildman–Crippen MR) is 118 cm³/mol. The van der Waals surface area contributed by atoms with E-state index in [2.05, 4.69) is 15.5 Å². The SMILES string of the molecule is COc1ccc(NC(=O)c2nnc3n2C[C@H]2CN(C(=O)Cc4ccccc4)C[C@@H]2C3)cc1. The summed E-state index contributed by atoms with van der Waals surface area (Å²) in [5, 5.41) is 11.3. The second-order valence-corrected chi connectivity index (χ2v) is 8.42. The molecule has 1 N–H and O–H groups in total. The molecular formula is C24H25N5O3. The fourth-order valence-electron chi connectivity index (χ4n) is 4.64. The summed E-state index contributed by atoms with van der Waals surface area (Å²) in [7, 11) is 1.60. The Balaban J connectivity index is 1.25. The summed E-state index contributed by atoms with van der Waals surface area (Å²) in [6, 6.07) is 17.0. The Morgan fingerprint density at radius 1 is 1.00 bits per heavy atom. The quantitative estimate of drug-likeness (QED) is 0.670. The molecule has 0 bridgehead atoms. The van der Waals surface area contributed by atoms with Crippen molar-refractivity contribution >= 4 is 17.5 Å². The van der Waals surface area contributed by atoms with Crippen LogP contribution in [0.4, 0.5) is 5.69 Å². The number of anilines is 1. The molecule has 2 atom stereocenters. The number of hydrogen-bond donors (Lipinski definition) is 1. The van der Waals surface area contributed by atoms with Crippen molar-refractivity contribution < 1.29 is 14.3 Å². The van der Waals surface area contributed by atoms with Gasteiger partial charge >= 0.3 is 0 Å². The molecule has 3 heterocycles. The van der Waals surface area contributed by atoms with Gasteiger partial charge in [0.2, 0.25) is 11.7 Å². The molecule has 5 rings (SSSR count). The van der Waals surface area contributed by atoms with Crippen LogP contribution in [0.5, 0.6) is 5.75 Å². The molecule has 8 nitrogen and oxygen atoms in total. The first kappa shape index (κ1) is 20.2. The van der Waals surface area contributed by atoms with Gasteiger partial charge in [-0.25, -0.2) is 0 Å². The summed E-state index contributed by atoms with van der Waals surface area (Å²) in [6.45, 7) is 2.08. The maximum atomic E-state index is 12.8. The summed E-state index contributed by atoms with van der Waals surface area (Å²) < 4.78 is 7.06. The molecule has 0 aliphatic carbocycles. The van der Waals surface area contributed by atoms with Gasteiger partial charge in [0.25, 0.3) is 5.91 Å². The molecule has 1 saturated heterocycles. The van der Waals surface area contributed by atoms with Crippen molar-refractivity contribution in [1.82, 2.24) is 19.7 Å². The van der Waals surface area contributed by atoms with E-state index >= 15 is 0 Å². The van der Waals surface area contributed by atoms with Gasteiger partial charge in [0.15, 0.2) is 0 Å². The lowest BCUT2D eigenvalue weighted by Gasteiger charge is -2.25. The van der Waals surface area contributed by atoms with Crippen LogP contribution in [0.1, 0.15) is 22.0 Å². The van der Waals surface area contributed by atoms with Crippen molar-refractivity contribution in [3.05, 3.63) is 71.8 Å². The fourth-order valence-corrected chi connectivity index (χ4v) is 4.64. The first-order chi connectivity index (χ1) is 15.6. The van der Waals surface area contributed by atoms with Gasteiger partial charge in [-0.15, -0.1) is 10.2 Å². The molecule has 8 heteroatoms. The van der Waals surface area contributed by atoms with E-state index < -0.39 is 0 Å². The third-order valence-corrected chi connectivity index (χ3v) is 6.37. The van der Waals surface area contributed by atoms with E-state index in [9.17, 15) is 9.59 Å². The van der Waals surface area contributed by atoms with Crippen molar-refractivity contribution in [3.8, 4) is 5.75 Å². The first-order valence-corrected chi connectivity index (χ1v) is 10.8. The molecule has 2 amide bonds. The van der Waals surface area contributed by atoms with Gasteiger partial charge < -0.3 is 19.5 Å². The highest BCUT2D eigenvalue weighted by Gasteiger charge is 2.40. The number of carbonyl (C=O) groups is 2. The molecule has 1 fully saturated rings. The van der Waals surface area contributed by atoms with E-state index in [4.69, 9.17) is 4.74 Å². The average molecular weight is 431 g/mol. The number of likely N-dealkylation sites (tertiary alicyclic amines) is 1. The number of benzene rings is 2. The maximum absolute atomic E-state index is 12.8. The molecular weight excluding hydrogens is 406 g/mol. The van der Waals surface area contributed by atoms with E-state index in [0.717, 1.165) is 30.1 Å². The summed E-state index contributed by atoms with van der Waals surface area (Å²) in [5.41, 5.74) is 1.70. The van der Waals surface area contributed by atoms with E-state index in [1.165, 1.54) is 0 Å². The minimum atomic E-state index is -0.289. The molecule has 3 aromatic rings. The second-order valence-electron chi connectivity index (χ2n) is 8.42. The van der Waals surface area contributed by atoms with Crippen molar-refractivity contribution in [2.24, 2.45) is 11.8 Å². The van der Waals surface area contributed by atoms with Crippen LogP contribution in [0.25, 0.3) is 0 Å². The Kier molecular flexibility index (Phi) is 5.34. The standard InChI is InChI=1S/C24H25N5O3/c1-32-20-9-7-19(8-10-20)25-24(31)23-27-26-21-12-17-13-28(14-18(17)15-29(21)23)22(30)11-16-5-3-2-4-6-16/h2-10,17-18H,11-15H2,1H3,(H,25,31)/t17-,18+/m0/s1. The number of aromatic nitrogens is 3. The summed E-state index contributed by atoms with van der Waals surface area (Å²) >= 11 is 0. The molecule has 2 aliphatic rings. The van der Waals surface area contributed by atoms with Crippen LogP contribution >= 0.6 is 0 Å². The van der Waals surface area contributed by atoms with Gasteiger partial charge in [0.05, 0.1) is 13.5 Å². The molecule has 2 aromatic carbocycles. The Hall–Kier alpha value is -3.68. The number of ether oxygens (including phenoxy) is 1. The van der Waals surface area contributed by atoms with Gasteiger partial charge in [-0.2, -0.15) is 0 Å². The maximum Gasteiger partial charge on any atom is 0.293 e. The van der Waals surface area contributed by atoms with Crippen molar-refractivity contribution in [2.75, 3.05) is 25.5 Å². The Labute approximate surface area is 186 Å². The lowest BCUT2D eigenvalue weighted by atomic mass is 9.89. The van der Waals surface area contributed by atoms with Gasteiger partial charge in [0, 0.05) is 31.7 Å². The molecule has 0 radical (unpaired) electrons. The zero-order chi connectivity index (χ0) is 22.1. The molecule has 0 unspecified atom stereocenters. The predicted octanol–water partition coefficient (Wildman–Crippen LogP) is 2.41. The van der Waals surface area contributed by atoms with E-state index in [1.54, 1.807) is 31.4 Å². The zero-order valence-corrected chi connectivity index (χ0v) is 17.9. The number of rotatable bonds is 5. The van der Waals surface area contributed by atoms with Crippen LogP contribution in [0.2, 0.25) is 0 Å². The van der Waals surface area contributed by atoms with Crippen molar-refractivity contribution in [2.45, 2.75) is 19.4 Å². The lowest BCUT2D eigenvalue weighted by molar-refractivity contribution is -0.129. The van der Waals surface area contributed by atoms with Gasteiger partial charge in [-0.05, 0) is 41.7 Å². The minimum Gasteiger partial charge on any atom is -0.497 e. The summed E-state index contributed by atoms with van der Waals surface area (Å²) in [5.74, 6) is 2.35. The number of amides is 2. The van der Waals surface area contributed by atoms with Crippen molar-refractivity contribution in [3.63, 3.8) is 0 Å². The van der Waals surface area contributed by atoms with E-state index in [0.29, 0.717) is 42.9 Å². The highest BCUT2D eigenvalue weighted by atomic mass is 16.5. The summed E-state index contributed by atoms with van der Waals surface area (Å²) in [4.78, 5) is 27.6. The fraction of sp³-hybridized carbons (Fsp3) is 0.333. The smallest absolute Gasteiger partial charge is 0.293 e. The topological polar surface area (TPSA) is 89.3 Å². The number of fused-ring (bicyclic) bond motifs is 2. The number of hydrogen-bond acceptors (Lipinski definition) is 5. The molecule has 2 aliphatic heterocycles. The van der Waals surface area contributed by atoms with Crippen LogP contribution in [-0.4, -0.2) is 51.7 Å². The van der Waals surface area contributed by atoms with E-state index in [1.807, 2.05) is 39.8 Å². The summed E-state index contributed by atoms with van der Waals surface area (Å²) in [6.07, 6.45) is 1.14. The second kappa shape index (κ2) is 8.45. The lowest BCUT2D eigenvalue weighted by Crippen LogP contribution is -2.31. The molecule has 1 aromatic heterocycles. The molecule has 164 valence electrons. The first-order valence-electron chi connectivity index (χ1n) is 10.8. The number of nitrogens with zero attached hydrogens (tertiary/aromatic N) is 4. The van der Waals surface area contributed by atoms with Crippen LogP contribution in [0, 0.1) is 11.8 Å². The Morgan fingerprint density at radius 3 is 2.50 bits per heavy atom. The van der Waals surface area contributed by atoms with Gasteiger partial charge in [-0.1, -0.05) is 30.3 Å². The normalized spacial score (nSPS) is 19.2. The minimum absolute atomic E-state index is 0.152. The number of nitrogens with one attached hydrogen (secondary N) is 1. The van der Waals surface area contributed by atoms with E-state index in [-0.39, 0.29) is 11.8 Å². The molecule has 0 spiro atoms. The Bertz CT molecular complexity index is 1130. The Morgan fingerprint density at radius 2 is 1.75 bits per heavy atom. The monoisotopic (exact) mass is 431 g/mol. The third kappa shape index (κ3) is 3.95.